The van der Waals surface area contributed by atoms with Crippen molar-refractivity contribution in [3.63, 3.8) is 0 Å². The average Bonchev–Trinajstić information content (AvgIpc) is 3.78. The molecular weight excluding hydrogens is 564 g/mol. The van der Waals surface area contributed by atoms with Gasteiger partial charge < -0.3 is 24.7 Å². The first-order valence-electron chi connectivity index (χ1n) is 15.9. The zero-order valence-electron chi connectivity index (χ0n) is 25.2. The summed E-state index contributed by atoms with van der Waals surface area (Å²) in [5, 5.41) is 21.7. The Balaban J connectivity index is 1.34. The van der Waals surface area contributed by atoms with E-state index < -0.39 is 5.82 Å². The molecule has 8 nitrogen and oxygen atoms in total. The van der Waals surface area contributed by atoms with Crippen LogP contribution < -0.4 is 9.64 Å². The van der Waals surface area contributed by atoms with E-state index in [2.05, 4.69) is 19.8 Å². The molecule has 2 aliphatic heterocycles. The van der Waals surface area contributed by atoms with E-state index in [4.69, 9.17) is 9.72 Å². The number of anilines is 1. The normalized spacial score (nSPS) is 19.8. The predicted octanol–water partition coefficient (Wildman–Crippen LogP) is 5.85. The minimum atomic E-state index is -0.667. The van der Waals surface area contributed by atoms with E-state index >= 15 is 4.39 Å². The van der Waals surface area contributed by atoms with Gasteiger partial charge in [-0.1, -0.05) is 13.0 Å². The van der Waals surface area contributed by atoms with Crippen molar-refractivity contribution < 1.29 is 23.7 Å². The summed E-state index contributed by atoms with van der Waals surface area (Å²) in [7, 11) is 0. The fourth-order valence-electron chi connectivity index (χ4n) is 6.98. The number of rotatable bonds is 10. The fraction of sp³-hybridized carbons (Fsp3) is 0.500. The molecule has 0 amide bonds. The van der Waals surface area contributed by atoms with Crippen molar-refractivity contribution in [1.29, 1.82) is 0 Å². The summed E-state index contributed by atoms with van der Waals surface area (Å²) in [6.07, 6.45) is 8.01. The molecule has 10 heteroatoms. The lowest BCUT2D eigenvalue weighted by atomic mass is 9.94. The zero-order chi connectivity index (χ0) is 30.4. The minimum Gasteiger partial charge on any atom is -0.508 e. The Labute approximate surface area is 255 Å². The third-order valence-corrected chi connectivity index (χ3v) is 9.73. The van der Waals surface area contributed by atoms with Crippen LogP contribution in [0, 0.1) is 23.0 Å². The second kappa shape index (κ2) is 11.7. The number of aliphatic hydroxyl groups excluding tert-OH is 1. The summed E-state index contributed by atoms with van der Waals surface area (Å²) in [6.45, 7) is 7.10. The molecule has 1 saturated carbocycles. The van der Waals surface area contributed by atoms with Crippen LogP contribution in [0.15, 0.2) is 30.5 Å². The Morgan fingerprint density at radius 3 is 2.66 bits per heavy atom. The van der Waals surface area contributed by atoms with Gasteiger partial charge in [-0.15, -0.1) is 0 Å². The molecule has 232 valence electrons. The molecule has 0 spiro atoms. The van der Waals surface area contributed by atoms with Gasteiger partial charge in [0.2, 0.25) is 0 Å². The summed E-state index contributed by atoms with van der Waals surface area (Å²) in [5.74, 6) is -0.246. The number of ether oxygens (including phenoxy) is 1. The maximum Gasteiger partial charge on any atom is 0.319 e. The van der Waals surface area contributed by atoms with Crippen LogP contribution in [0.1, 0.15) is 51.0 Å². The van der Waals surface area contributed by atoms with Gasteiger partial charge in [0.25, 0.3) is 0 Å². The number of aliphatic hydroxyl groups is 1. The number of likely N-dealkylation sites (tertiary alicyclic amines) is 1. The van der Waals surface area contributed by atoms with Crippen LogP contribution in [0.4, 0.5) is 14.6 Å². The number of aromatic nitrogens is 3. The van der Waals surface area contributed by atoms with E-state index in [0.29, 0.717) is 65.0 Å². The Kier molecular flexibility index (Phi) is 7.74. The van der Waals surface area contributed by atoms with Crippen LogP contribution in [0.3, 0.4) is 0 Å². The van der Waals surface area contributed by atoms with Crippen molar-refractivity contribution in [2.24, 2.45) is 11.3 Å². The van der Waals surface area contributed by atoms with Crippen LogP contribution in [0.2, 0.25) is 0 Å². The van der Waals surface area contributed by atoms with E-state index in [1.54, 1.807) is 18.3 Å². The molecule has 0 radical (unpaired) electrons. The number of halogens is 2. The molecule has 2 saturated heterocycles. The van der Waals surface area contributed by atoms with Crippen LogP contribution in [0.5, 0.6) is 11.8 Å². The topological polar surface area (TPSA) is 94.8 Å². The highest BCUT2D eigenvalue weighted by atomic mass is 19.1. The number of pyridine rings is 1. The van der Waals surface area contributed by atoms with Gasteiger partial charge in [0.05, 0.1) is 12.0 Å². The van der Waals surface area contributed by atoms with Crippen molar-refractivity contribution in [2.45, 2.75) is 51.9 Å². The highest BCUT2D eigenvalue weighted by Gasteiger charge is 2.45. The van der Waals surface area contributed by atoms with Crippen LogP contribution in [-0.2, 0) is 6.42 Å². The monoisotopic (exact) mass is 603 g/mol. The Bertz CT molecular complexity index is 1710. The molecule has 0 bridgehead atoms. The Hall–Kier alpha value is -3.63. The number of nitrogens with zero attached hydrogens (tertiary/aromatic N) is 5. The molecule has 0 unspecified atom stereocenters. The number of hydrogen-bond acceptors (Lipinski definition) is 8. The SMILES string of the molecule is CCc1c(F)ccc2cc(O)cc(-c3ncc4c(N5CCC[C@H](CCO)C5)nc(OCC5(CN6CCC6)CC5)nc4c3F)c12. The van der Waals surface area contributed by atoms with Gasteiger partial charge in [-0.05, 0) is 98.5 Å². The first kappa shape index (κ1) is 29.1. The van der Waals surface area contributed by atoms with E-state index in [9.17, 15) is 14.6 Å². The molecule has 3 aliphatic rings. The number of phenols is 1. The highest BCUT2D eigenvalue weighted by Crippen LogP contribution is 2.47. The lowest BCUT2D eigenvalue weighted by Gasteiger charge is -2.34. The lowest BCUT2D eigenvalue weighted by Crippen LogP contribution is -2.42. The zero-order valence-corrected chi connectivity index (χ0v) is 25.2. The quantitative estimate of drug-likeness (QED) is 0.233. The predicted molar refractivity (Wildman–Crippen MR) is 166 cm³/mol. The third-order valence-electron chi connectivity index (χ3n) is 9.73. The highest BCUT2D eigenvalue weighted by molar-refractivity contribution is 6.01. The maximum atomic E-state index is 16.7. The third kappa shape index (κ3) is 5.43. The van der Waals surface area contributed by atoms with E-state index in [1.807, 2.05) is 6.92 Å². The molecule has 1 aliphatic carbocycles. The second-order valence-corrected chi connectivity index (χ2v) is 12.9. The number of aryl methyl sites for hydroxylation is 1. The summed E-state index contributed by atoms with van der Waals surface area (Å²) in [6, 6.07) is 6.08. The first-order valence-corrected chi connectivity index (χ1v) is 15.9. The fourth-order valence-corrected chi connectivity index (χ4v) is 6.98. The van der Waals surface area contributed by atoms with Crippen LogP contribution in [0.25, 0.3) is 32.9 Å². The number of benzene rings is 2. The van der Waals surface area contributed by atoms with Crippen molar-refractivity contribution in [3.05, 3.63) is 47.7 Å². The lowest BCUT2D eigenvalue weighted by molar-refractivity contribution is 0.111. The van der Waals surface area contributed by atoms with Gasteiger partial charge in [-0.2, -0.15) is 9.97 Å². The van der Waals surface area contributed by atoms with Crippen LogP contribution >= 0.6 is 0 Å². The minimum absolute atomic E-state index is 0.0115. The standard InChI is InChI=1S/C34H39F2N5O3/c1-2-24-27(35)7-6-22-15-23(43)16-25(28(22)24)30-29(36)31-26(17-37-30)32(41-13-3-5-21(18-41)8-14-42)39-33(38-31)44-20-34(9-10-34)19-40-11-4-12-40/h6-7,15-17,21,42-43H,2-5,8-14,18-20H2,1H3/t21-/m1/s1. The molecule has 2 aromatic carbocycles. The Morgan fingerprint density at radius 2 is 1.93 bits per heavy atom. The number of phenolic OH excluding ortho intramolecular Hbond substituents is 1. The van der Waals surface area contributed by atoms with E-state index in [-0.39, 0.29) is 40.8 Å². The van der Waals surface area contributed by atoms with Gasteiger partial charge >= 0.3 is 6.01 Å². The number of fused-ring (bicyclic) bond motifs is 2. The molecule has 4 heterocycles. The molecule has 2 aromatic heterocycles. The second-order valence-electron chi connectivity index (χ2n) is 12.9. The summed E-state index contributed by atoms with van der Waals surface area (Å²) >= 11 is 0. The molecule has 2 N–H and O–H groups in total. The largest absolute Gasteiger partial charge is 0.508 e. The molecule has 7 rings (SSSR count). The number of aromatic hydroxyl groups is 1. The van der Waals surface area contributed by atoms with Crippen LogP contribution in [-0.4, -0.2) is 76.0 Å². The van der Waals surface area contributed by atoms with Gasteiger partial charge in [0.15, 0.2) is 5.82 Å². The number of hydrogen-bond donors (Lipinski definition) is 2. The first-order chi connectivity index (χ1) is 21.4. The Morgan fingerprint density at radius 1 is 1.09 bits per heavy atom. The van der Waals surface area contributed by atoms with Gasteiger partial charge in [-0.3, -0.25) is 4.98 Å². The van der Waals surface area contributed by atoms with Gasteiger partial charge in [-0.25, -0.2) is 8.78 Å². The average molecular weight is 604 g/mol. The maximum absolute atomic E-state index is 16.7. The molecule has 1 atom stereocenters. The molecular formula is C34H39F2N5O3. The summed E-state index contributed by atoms with van der Waals surface area (Å²) in [5.41, 5.74) is 0.900. The number of piperidine rings is 1. The van der Waals surface area contributed by atoms with Crippen molar-refractivity contribution in [1.82, 2.24) is 19.9 Å². The molecule has 44 heavy (non-hydrogen) atoms. The van der Waals surface area contributed by atoms with E-state index in [0.717, 1.165) is 51.9 Å². The van der Waals surface area contributed by atoms with E-state index in [1.165, 1.54) is 18.6 Å². The van der Waals surface area contributed by atoms with Crippen molar-refractivity contribution in [3.8, 4) is 23.0 Å². The van der Waals surface area contributed by atoms with Gasteiger partial charge in [0, 0.05) is 43.4 Å². The summed E-state index contributed by atoms with van der Waals surface area (Å²) in [4.78, 5) is 18.6. The molecule has 4 aromatic rings. The summed E-state index contributed by atoms with van der Waals surface area (Å²) < 4.78 is 37.9. The van der Waals surface area contributed by atoms with Crippen molar-refractivity contribution in [2.75, 3.05) is 50.8 Å². The van der Waals surface area contributed by atoms with Gasteiger partial charge in [0.1, 0.15) is 28.6 Å². The molecule has 3 fully saturated rings. The van der Waals surface area contributed by atoms with Crippen molar-refractivity contribution >= 4 is 27.5 Å². The smallest absolute Gasteiger partial charge is 0.319 e.